The SMILES string of the molecule is Cc1cc(NC(=O)[C@H](N)C(C)C)c(C)cc1O. The van der Waals surface area contributed by atoms with Gasteiger partial charge in [0.25, 0.3) is 0 Å². The first-order chi connectivity index (χ1) is 7.82. The number of carbonyl (C=O) groups excluding carboxylic acids is 1. The van der Waals surface area contributed by atoms with Crippen molar-refractivity contribution in [3.05, 3.63) is 23.3 Å². The smallest absolute Gasteiger partial charge is 0.241 e. The minimum absolute atomic E-state index is 0.0912. The Balaban J connectivity index is 2.89. The first-order valence-corrected chi connectivity index (χ1v) is 5.69. The number of amides is 1. The van der Waals surface area contributed by atoms with Gasteiger partial charge >= 0.3 is 0 Å². The Kier molecular flexibility index (Phi) is 4.12. The summed E-state index contributed by atoms with van der Waals surface area (Å²) >= 11 is 0. The molecule has 17 heavy (non-hydrogen) atoms. The van der Waals surface area contributed by atoms with E-state index in [1.54, 1.807) is 19.1 Å². The summed E-state index contributed by atoms with van der Waals surface area (Å²) in [6, 6.07) is 2.85. The van der Waals surface area contributed by atoms with Gasteiger partial charge in [-0.2, -0.15) is 0 Å². The molecule has 0 aliphatic rings. The van der Waals surface area contributed by atoms with Crippen LogP contribution in [0.2, 0.25) is 0 Å². The van der Waals surface area contributed by atoms with E-state index in [1.807, 2.05) is 20.8 Å². The lowest BCUT2D eigenvalue weighted by Crippen LogP contribution is -2.39. The highest BCUT2D eigenvalue weighted by Crippen LogP contribution is 2.25. The zero-order valence-electron chi connectivity index (χ0n) is 10.7. The summed E-state index contributed by atoms with van der Waals surface area (Å²) in [4.78, 5) is 11.8. The zero-order valence-corrected chi connectivity index (χ0v) is 10.7. The highest BCUT2D eigenvalue weighted by molar-refractivity contribution is 5.95. The van der Waals surface area contributed by atoms with Gasteiger partial charge in [-0.25, -0.2) is 0 Å². The number of rotatable bonds is 3. The minimum atomic E-state index is -0.525. The lowest BCUT2D eigenvalue weighted by atomic mass is 10.0. The van der Waals surface area contributed by atoms with Crippen molar-refractivity contribution in [2.75, 3.05) is 5.32 Å². The number of phenolic OH excluding ortho intramolecular Hbond substituents is 1. The van der Waals surface area contributed by atoms with Crippen molar-refractivity contribution in [2.45, 2.75) is 33.7 Å². The third-order valence-corrected chi connectivity index (χ3v) is 2.82. The van der Waals surface area contributed by atoms with Crippen LogP contribution < -0.4 is 11.1 Å². The molecule has 4 nitrogen and oxygen atoms in total. The molecule has 1 rings (SSSR count). The molecule has 1 atom stereocenters. The average Bonchev–Trinajstić information content (AvgIpc) is 2.24. The molecule has 4 N–H and O–H groups in total. The lowest BCUT2D eigenvalue weighted by Gasteiger charge is -2.17. The van der Waals surface area contributed by atoms with Crippen LogP contribution in [0.15, 0.2) is 12.1 Å². The maximum Gasteiger partial charge on any atom is 0.241 e. The maximum absolute atomic E-state index is 11.8. The largest absolute Gasteiger partial charge is 0.508 e. The molecule has 0 bridgehead atoms. The van der Waals surface area contributed by atoms with Crippen LogP contribution in [-0.4, -0.2) is 17.1 Å². The van der Waals surface area contributed by atoms with Gasteiger partial charge in [0, 0.05) is 5.69 Å². The molecule has 0 spiro atoms. The number of nitrogens with one attached hydrogen (secondary N) is 1. The van der Waals surface area contributed by atoms with Crippen molar-refractivity contribution < 1.29 is 9.90 Å². The summed E-state index contributed by atoms with van der Waals surface area (Å²) in [7, 11) is 0. The van der Waals surface area contributed by atoms with Gasteiger partial charge in [0.1, 0.15) is 5.75 Å². The second-order valence-electron chi connectivity index (χ2n) is 4.71. The van der Waals surface area contributed by atoms with E-state index in [0.29, 0.717) is 5.69 Å². The lowest BCUT2D eigenvalue weighted by molar-refractivity contribution is -0.118. The van der Waals surface area contributed by atoms with Crippen molar-refractivity contribution in [1.82, 2.24) is 0 Å². The van der Waals surface area contributed by atoms with Gasteiger partial charge in [0.15, 0.2) is 0 Å². The normalized spacial score (nSPS) is 12.6. The number of hydrogen-bond donors (Lipinski definition) is 3. The van der Waals surface area contributed by atoms with E-state index in [4.69, 9.17) is 5.73 Å². The van der Waals surface area contributed by atoms with Crippen LogP contribution in [0.25, 0.3) is 0 Å². The first kappa shape index (κ1) is 13.5. The Morgan fingerprint density at radius 1 is 1.29 bits per heavy atom. The fraction of sp³-hybridized carbons (Fsp3) is 0.462. The molecule has 1 aromatic carbocycles. The summed E-state index contributed by atoms with van der Waals surface area (Å²) in [5.74, 6) is 0.121. The monoisotopic (exact) mass is 236 g/mol. The second-order valence-corrected chi connectivity index (χ2v) is 4.71. The molecular formula is C13H20N2O2. The molecule has 1 aromatic rings. The number of phenols is 1. The van der Waals surface area contributed by atoms with Crippen molar-refractivity contribution in [3.8, 4) is 5.75 Å². The van der Waals surface area contributed by atoms with E-state index in [1.165, 1.54) is 0 Å². The van der Waals surface area contributed by atoms with Gasteiger partial charge in [0.05, 0.1) is 6.04 Å². The van der Waals surface area contributed by atoms with Gasteiger partial charge in [-0.15, -0.1) is 0 Å². The summed E-state index contributed by atoms with van der Waals surface area (Å²) in [6.07, 6.45) is 0. The summed E-state index contributed by atoms with van der Waals surface area (Å²) < 4.78 is 0. The van der Waals surface area contributed by atoms with Crippen molar-refractivity contribution in [3.63, 3.8) is 0 Å². The number of hydrogen-bond acceptors (Lipinski definition) is 3. The molecule has 0 saturated carbocycles. The Morgan fingerprint density at radius 3 is 2.41 bits per heavy atom. The molecule has 0 aliphatic carbocycles. The summed E-state index contributed by atoms with van der Waals surface area (Å²) in [5, 5.41) is 12.3. The van der Waals surface area contributed by atoms with Gasteiger partial charge < -0.3 is 16.2 Å². The van der Waals surface area contributed by atoms with Crippen LogP contribution in [0.4, 0.5) is 5.69 Å². The van der Waals surface area contributed by atoms with Crippen LogP contribution in [0.5, 0.6) is 5.75 Å². The Morgan fingerprint density at radius 2 is 1.88 bits per heavy atom. The molecule has 4 heteroatoms. The van der Waals surface area contributed by atoms with Crippen LogP contribution in [0.3, 0.4) is 0 Å². The average molecular weight is 236 g/mol. The van der Waals surface area contributed by atoms with Crippen LogP contribution >= 0.6 is 0 Å². The van der Waals surface area contributed by atoms with Crippen molar-refractivity contribution >= 4 is 11.6 Å². The van der Waals surface area contributed by atoms with E-state index < -0.39 is 6.04 Å². The third kappa shape index (κ3) is 3.20. The van der Waals surface area contributed by atoms with E-state index in [9.17, 15) is 9.90 Å². The van der Waals surface area contributed by atoms with Crippen LogP contribution in [0.1, 0.15) is 25.0 Å². The first-order valence-electron chi connectivity index (χ1n) is 5.69. The van der Waals surface area contributed by atoms with Gasteiger partial charge in [-0.05, 0) is 43.0 Å². The molecule has 0 radical (unpaired) electrons. The minimum Gasteiger partial charge on any atom is -0.508 e. The van der Waals surface area contributed by atoms with Gasteiger partial charge in [-0.3, -0.25) is 4.79 Å². The third-order valence-electron chi connectivity index (χ3n) is 2.82. The van der Waals surface area contributed by atoms with Gasteiger partial charge in [-0.1, -0.05) is 13.8 Å². The number of nitrogens with two attached hydrogens (primary N) is 1. The van der Waals surface area contributed by atoms with E-state index in [-0.39, 0.29) is 17.6 Å². The Labute approximate surface area is 102 Å². The Hall–Kier alpha value is -1.55. The van der Waals surface area contributed by atoms with E-state index in [2.05, 4.69) is 5.32 Å². The highest BCUT2D eigenvalue weighted by atomic mass is 16.3. The fourth-order valence-corrected chi connectivity index (χ4v) is 1.45. The molecule has 0 fully saturated rings. The number of benzene rings is 1. The predicted octanol–water partition coefficient (Wildman–Crippen LogP) is 1.93. The molecule has 0 saturated heterocycles. The highest BCUT2D eigenvalue weighted by Gasteiger charge is 2.18. The van der Waals surface area contributed by atoms with Gasteiger partial charge in [0.2, 0.25) is 5.91 Å². The fourth-order valence-electron chi connectivity index (χ4n) is 1.45. The number of anilines is 1. The maximum atomic E-state index is 11.8. The molecule has 0 unspecified atom stereocenters. The molecular weight excluding hydrogens is 216 g/mol. The molecule has 0 aliphatic heterocycles. The molecule has 0 heterocycles. The van der Waals surface area contributed by atoms with Crippen LogP contribution in [0, 0.1) is 19.8 Å². The standard InChI is InChI=1S/C13H20N2O2/c1-7(2)12(14)13(17)15-10-5-9(4)11(16)6-8(10)3/h5-7,12,16H,14H2,1-4H3,(H,15,17)/t12-/m1/s1. The Bertz CT molecular complexity index is 428. The molecule has 0 aromatic heterocycles. The summed E-state index contributed by atoms with van der Waals surface area (Å²) in [6.45, 7) is 7.42. The topological polar surface area (TPSA) is 75.4 Å². The zero-order chi connectivity index (χ0) is 13.2. The van der Waals surface area contributed by atoms with Crippen LogP contribution in [-0.2, 0) is 4.79 Å². The number of aryl methyl sites for hydroxylation is 2. The number of carbonyl (C=O) groups is 1. The van der Waals surface area contributed by atoms with Crippen molar-refractivity contribution in [2.24, 2.45) is 11.7 Å². The summed E-state index contributed by atoms with van der Waals surface area (Å²) in [5.41, 5.74) is 8.00. The van der Waals surface area contributed by atoms with E-state index >= 15 is 0 Å². The molecule has 94 valence electrons. The van der Waals surface area contributed by atoms with Crippen molar-refractivity contribution in [1.29, 1.82) is 0 Å². The number of aromatic hydroxyl groups is 1. The predicted molar refractivity (Wildman–Crippen MR) is 69.0 cm³/mol. The second kappa shape index (κ2) is 5.19. The van der Waals surface area contributed by atoms with E-state index in [0.717, 1.165) is 11.1 Å². The molecule has 1 amide bonds. The quantitative estimate of drug-likeness (QED) is 0.702.